The molecule has 3 heterocycles. The summed E-state index contributed by atoms with van der Waals surface area (Å²) in [5.74, 6) is -0.168. The number of likely N-dealkylation sites (tertiary alicyclic amines) is 1. The number of ketones is 1. The van der Waals surface area contributed by atoms with Gasteiger partial charge in [0.05, 0.1) is 29.5 Å². The monoisotopic (exact) mass is 575 g/mol. The van der Waals surface area contributed by atoms with Crippen LogP contribution in [0.1, 0.15) is 81.8 Å². The highest BCUT2D eigenvalue weighted by Gasteiger charge is 2.36. The van der Waals surface area contributed by atoms with Crippen LogP contribution in [0.25, 0.3) is 16.6 Å². The summed E-state index contributed by atoms with van der Waals surface area (Å²) in [7, 11) is 1.73. The van der Waals surface area contributed by atoms with Gasteiger partial charge in [-0.05, 0) is 76.3 Å². The van der Waals surface area contributed by atoms with Crippen LogP contribution in [0.3, 0.4) is 0 Å². The smallest absolute Gasteiger partial charge is 0.245 e. The van der Waals surface area contributed by atoms with Crippen molar-refractivity contribution < 1.29 is 19.1 Å². The van der Waals surface area contributed by atoms with E-state index in [0.29, 0.717) is 26.2 Å². The lowest BCUT2D eigenvalue weighted by Crippen LogP contribution is -2.54. The highest BCUT2D eigenvalue weighted by molar-refractivity contribution is 6.08. The lowest BCUT2D eigenvalue weighted by atomic mass is 10.00. The van der Waals surface area contributed by atoms with E-state index in [2.05, 4.69) is 26.3 Å². The van der Waals surface area contributed by atoms with Gasteiger partial charge in [-0.1, -0.05) is 26.0 Å². The molecule has 2 amide bonds. The number of hydrogen-bond acceptors (Lipinski definition) is 6. The van der Waals surface area contributed by atoms with Crippen molar-refractivity contribution in [1.82, 2.24) is 25.1 Å². The van der Waals surface area contributed by atoms with Crippen molar-refractivity contribution in [3.63, 3.8) is 0 Å². The summed E-state index contributed by atoms with van der Waals surface area (Å²) in [6.45, 7) is 9.67. The van der Waals surface area contributed by atoms with Gasteiger partial charge in [-0.2, -0.15) is 0 Å². The minimum absolute atomic E-state index is 0.0518. The van der Waals surface area contributed by atoms with Crippen LogP contribution in [0, 0.1) is 5.92 Å². The molecule has 1 fully saturated rings. The molecule has 2 aromatic heterocycles. The first-order valence-corrected chi connectivity index (χ1v) is 15.2. The summed E-state index contributed by atoms with van der Waals surface area (Å²) >= 11 is 0. The predicted molar refractivity (Wildman–Crippen MR) is 165 cm³/mol. The maximum absolute atomic E-state index is 13.8. The van der Waals surface area contributed by atoms with Crippen LogP contribution in [0.15, 0.2) is 48.9 Å². The molecule has 4 rings (SSSR count). The van der Waals surface area contributed by atoms with Crippen LogP contribution in [0.5, 0.6) is 0 Å². The molecule has 3 aromatic rings. The van der Waals surface area contributed by atoms with Crippen molar-refractivity contribution >= 4 is 28.5 Å². The molecule has 0 aliphatic carbocycles. The molecule has 226 valence electrons. The highest BCUT2D eigenvalue weighted by atomic mass is 16.5. The van der Waals surface area contributed by atoms with E-state index < -0.39 is 6.04 Å². The van der Waals surface area contributed by atoms with Crippen molar-refractivity contribution in [2.24, 2.45) is 5.92 Å². The fraction of sp³-hybridized carbons (Fsp3) is 0.515. The number of nitrogens with one attached hydrogen (secondary N) is 2. The molecule has 0 bridgehead atoms. The molecule has 0 spiro atoms. The van der Waals surface area contributed by atoms with Crippen LogP contribution < -0.4 is 10.6 Å². The topological polar surface area (TPSA) is 106 Å². The zero-order valence-electron chi connectivity index (χ0n) is 25.6. The number of aromatic nitrogens is 2. The van der Waals surface area contributed by atoms with Crippen molar-refractivity contribution in [3.05, 3.63) is 60.0 Å². The van der Waals surface area contributed by atoms with E-state index in [1.807, 2.05) is 68.5 Å². The molecule has 9 heteroatoms. The molecule has 0 saturated carbocycles. The average Bonchev–Trinajstić information content (AvgIpc) is 3.66. The maximum atomic E-state index is 13.8. The minimum Gasteiger partial charge on any atom is -0.382 e. The molecule has 1 aromatic carbocycles. The first kappa shape index (κ1) is 31.4. The molecule has 1 saturated heterocycles. The third-order valence-electron chi connectivity index (χ3n) is 8.18. The standard InChI is InChI=1S/C33H45N5O4/c1-6-42-18-8-7-14-30(39)27-11-9-12-29-26(27)15-17-37(29)25-19-24(20-35-21-25)28-13-10-16-38(28)33(41)31(22(2)3)36-32(40)23(4)34-5/h9,11-12,15,17,19-23,28,31,34H,6-8,10,13-14,16,18H2,1-5H3,(H,36,40)/t23-,28-,31-/m0/s1. The van der Waals surface area contributed by atoms with Crippen molar-refractivity contribution in [2.75, 3.05) is 26.8 Å². The molecule has 42 heavy (non-hydrogen) atoms. The first-order valence-electron chi connectivity index (χ1n) is 15.2. The van der Waals surface area contributed by atoms with Crippen molar-refractivity contribution in [1.29, 1.82) is 0 Å². The van der Waals surface area contributed by atoms with Gasteiger partial charge >= 0.3 is 0 Å². The summed E-state index contributed by atoms with van der Waals surface area (Å²) < 4.78 is 7.45. The molecule has 1 aliphatic rings. The second-order valence-corrected chi connectivity index (χ2v) is 11.4. The lowest BCUT2D eigenvalue weighted by molar-refractivity contribution is -0.138. The number of pyridine rings is 1. The van der Waals surface area contributed by atoms with E-state index in [1.54, 1.807) is 14.0 Å². The lowest BCUT2D eigenvalue weighted by Gasteiger charge is -2.32. The fourth-order valence-electron chi connectivity index (χ4n) is 5.64. The Hall–Kier alpha value is -3.56. The van der Waals surface area contributed by atoms with Gasteiger partial charge in [-0.15, -0.1) is 0 Å². The van der Waals surface area contributed by atoms with Gasteiger partial charge in [0.25, 0.3) is 0 Å². The van der Waals surface area contributed by atoms with E-state index in [0.717, 1.165) is 53.4 Å². The number of Topliss-reactive ketones (excluding diaryl/α,β-unsaturated/α-hetero) is 1. The Labute approximate surface area is 249 Å². The second-order valence-electron chi connectivity index (χ2n) is 11.4. The number of rotatable bonds is 14. The van der Waals surface area contributed by atoms with E-state index in [1.165, 1.54) is 0 Å². The zero-order valence-corrected chi connectivity index (χ0v) is 25.6. The van der Waals surface area contributed by atoms with Crippen LogP contribution in [0.2, 0.25) is 0 Å². The van der Waals surface area contributed by atoms with Crippen LogP contribution >= 0.6 is 0 Å². The van der Waals surface area contributed by atoms with Gasteiger partial charge in [0.15, 0.2) is 5.78 Å². The van der Waals surface area contributed by atoms with Gasteiger partial charge in [0.1, 0.15) is 6.04 Å². The Morgan fingerprint density at radius 1 is 1.12 bits per heavy atom. The number of amides is 2. The van der Waals surface area contributed by atoms with E-state index in [4.69, 9.17) is 4.74 Å². The number of ether oxygens (including phenoxy) is 1. The van der Waals surface area contributed by atoms with E-state index >= 15 is 0 Å². The van der Waals surface area contributed by atoms with Crippen molar-refractivity contribution in [3.8, 4) is 5.69 Å². The normalized spacial score (nSPS) is 16.6. The van der Waals surface area contributed by atoms with Gasteiger partial charge in [-0.3, -0.25) is 19.4 Å². The molecule has 0 radical (unpaired) electrons. The number of fused-ring (bicyclic) bond motifs is 1. The average molecular weight is 576 g/mol. The summed E-state index contributed by atoms with van der Waals surface area (Å²) in [6.07, 6.45) is 9.49. The quantitative estimate of drug-likeness (QED) is 0.211. The number of benzene rings is 1. The zero-order chi connectivity index (χ0) is 30.2. The van der Waals surface area contributed by atoms with Crippen molar-refractivity contribution in [2.45, 2.75) is 77.9 Å². The van der Waals surface area contributed by atoms with Gasteiger partial charge in [0.2, 0.25) is 11.8 Å². The molecule has 3 atom stereocenters. The van der Waals surface area contributed by atoms with E-state index in [9.17, 15) is 14.4 Å². The molecular formula is C33H45N5O4. The molecule has 9 nitrogen and oxygen atoms in total. The Balaban J connectivity index is 1.55. The highest BCUT2D eigenvalue weighted by Crippen LogP contribution is 2.34. The van der Waals surface area contributed by atoms with E-state index in [-0.39, 0.29) is 35.6 Å². The third kappa shape index (κ3) is 7.07. The third-order valence-corrected chi connectivity index (χ3v) is 8.18. The Morgan fingerprint density at radius 3 is 2.67 bits per heavy atom. The van der Waals surface area contributed by atoms with Crippen LogP contribution in [-0.4, -0.2) is 70.9 Å². The summed E-state index contributed by atoms with van der Waals surface area (Å²) in [5.41, 5.74) is 3.50. The van der Waals surface area contributed by atoms with Gasteiger partial charge in [0, 0.05) is 49.5 Å². The number of unbranched alkanes of at least 4 members (excludes halogenated alkanes) is 1. The molecular weight excluding hydrogens is 530 g/mol. The second kappa shape index (κ2) is 14.6. The molecule has 2 N–H and O–H groups in total. The SMILES string of the molecule is CCOCCCCC(=O)c1cccc2c1ccn2-c1cncc([C@@H]2CCCN2C(=O)[C@@H](NC(=O)[C@H](C)NC)C(C)C)c1. The minimum atomic E-state index is -0.603. The summed E-state index contributed by atoms with van der Waals surface area (Å²) in [5, 5.41) is 6.82. The number of carbonyl (C=O) groups is 3. The van der Waals surface area contributed by atoms with Gasteiger partial charge in [-0.25, -0.2) is 0 Å². The summed E-state index contributed by atoms with van der Waals surface area (Å²) in [6, 6.07) is 8.79. The number of likely N-dealkylation sites (N-methyl/N-ethyl adjacent to an activating group) is 1. The predicted octanol–water partition coefficient (Wildman–Crippen LogP) is 4.83. The van der Waals surface area contributed by atoms with Crippen LogP contribution in [0.4, 0.5) is 0 Å². The van der Waals surface area contributed by atoms with Crippen LogP contribution in [-0.2, 0) is 14.3 Å². The fourth-order valence-corrected chi connectivity index (χ4v) is 5.64. The van der Waals surface area contributed by atoms with Gasteiger partial charge < -0.3 is 24.8 Å². The first-order chi connectivity index (χ1) is 20.3. The summed E-state index contributed by atoms with van der Waals surface area (Å²) in [4.78, 5) is 45.9. The molecule has 0 unspecified atom stereocenters. The Morgan fingerprint density at radius 2 is 1.93 bits per heavy atom. The molecule has 1 aliphatic heterocycles. The Kier molecular flexibility index (Phi) is 10.9. The number of hydrogen-bond donors (Lipinski definition) is 2. The maximum Gasteiger partial charge on any atom is 0.245 e. The number of carbonyl (C=O) groups excluding carboxylic acids is 3. The number of nitrogens with zero attached hydrogens (tertiary/aromatic N) is 3. The Bertz CT molecular complexity index is 1380. The largest absolute Gasteiger partial charge is 0.382 e.